The van der Waals surface area contributed by atoms with Crippen molar-refractivity contribution in [3.63, 3.8) is 0 Å². The second-order valence-corrected chi connectivity index (χ2v) is 5.25. The van der Waals surface area contributed by atoms with Gasteiger partial charge in [0.1, 0.15) is 5.69 Å². The van der Waals surface area contributed by atoms with E-state index in [0.717, 1.165) is 19.5 Å². The van der Waals surface area contributed by atoms with Gasteiger partial charge in [-0.15, -0.1) is 24.0 Å². The molecule has 0 unspecified atom stereocenters. The number of aliphatic imine (C=N–C) groups is 1. The van der Waals surface area contributed by atoms with Crippen molar-refractivity contribution in [3.8, 4) is 0 Å². The number of nitrogens with zero attached hydrogens (tertiary/aromatic N) is 4. The number of guanidine groups is 1. The average molecular weight is 473 g/mol. The van der Waals surface area contributed by atoms with Crippen LogP contribution in [0.1, 0.15) is 6.42 Å². The van der Waals surface area contributed by atoms with E-state index in [-0.39, 0.29) is 29.7 Å². The summed E-state index contributed by atoms with van der Waals surface area (Å²) in [5.41, 5.74) is 0.583. The van der Waals surface area contributed by atoms with Crippen molar-refractivity contribution in [2.45, 2.75) is 13.0 Å². The molecule has 0 radical (unpaired) electrons. The van der Waals surface area contributed by atoms with Gasteiger partial charge in [0.15, 0.2) is 5.96 Å². The summed E-state index contributed by atoms with van der Waals surface area (Å²) in [6, 6.07) is 8.49. The molecule has 0 spiro atoms. The highest BCUT2D eigenvalue weighted by molar-refractivity contribution is 14.0. The largest absolute Gasteiger partial charge is 0.378 e. The molecule has 26 heavy (non-hydrogen) atoms. The minimum absolute atomic E-state index is 0. The number of rotatable bonds is 9. The van der Waals surface area contributed by atoms with Gasteiger partial charge < -0.3 is 16.0 Å². The van der Waals surface area contributed by atoms with Crippen molar-refractivity contribution < 1.29 is 4.92 Å². The predicted octanol–water partition coefficient (Wildman–Crippen LogP) is 2.08. The van der Waals surface area contributed by atoms with E-state index in [1.54, 1.807) is 31.4 Å². The number of halogens is 1. The highest BCUT2D eigenvalue weighted by Gasteiger charge is 2.11. The number of benzene rings is 1. The minimum Gasteiger partial charge on any atom is -0.378 e. The van der Waals surface area contributed by atoms with E-state index in [9.17, 15) is 10.1 Å². The standard InChI is InChI=1S/C16H23N7O2.HI/c1-17-16(19-8-4-12-22-13-5-9-21-22)20-11-10-18-14-6-2-3-7-15(14)23(24)25;/h2-3,5-7,9,13,18H,4,8,10-12H2,1H3,(H2,17,19,20);1H. The lowest BCUT2D eigenvalue weighted by molar-refractivity contribution is -0.384. The van der Waals surface area contributed by atoms with Gasteiger partial charge >= 0.3 is 0 Å². The fourth-order valence-electron chi connectivity index (χ4n) is 2.26. The minimum atomic E-state index is -0.393. The molecule has 2 aromatic rings. The third kappa shape index (κ3) is 7.25. The van der Waals surface area contributed by atoms with Gasteiger partial charge in [-0.05, 0) is 18.6 Å². The summed E-state index contributed by atoms with van der Waals surface area (Å²) in [4.78, 5) is 14.7. The zero-order valence-corrected chi connectivity index (χ0v) is 16.9. The zero-order chi connectivity index (χ0) is 17.9. The molecule has 2 rings (SSSR count). The Morgan fingerprint density at radius 1 is 1.23 bits per heavy atom. The first-order valence-corrected chi connectivity index (χ1v) is 8.10. The molecular formula is C16H24IN7O2. The van der Waals surface area contributed by atoms with Gasteiger partial charge in [-0.25, -0.2) is 0 Å². The fourth-order valence-corrected chi connectivity index (χ4v) is 2.26. The topological polar surface area (TPSA) is 109 Å². The van der Waals surface area contributed by atoms with Gasteiger partial charge in [-0.2, -0.15) is 5.10 Å². The molecule has 10 heteroatoms. The lowest BCUT2D eigenvalue weighted by atomic mass is 10.2. The van der Waals surface area contributed by atoms with E-state index in [0.29, 0.717) is 24.7 Å². The lowest BCUT2D eigenvalue weighted by Gasteiger charge is -2.13. The summed E-state index contributed by atoms with van der Waals surface area (Å²) >= 11 is 0. The Balaban J connectivity index is 0.00000338. The first kappa shape index (κ1) is 21.7. The van der Waals surface area contributed by atoms with Crippen LogP contribution in [0.15, 0.2) is 47.7 Å². The molecule has 9 nitrogen and oxygen atoms in total. The third-order valence-electron chi connectivity index (χ3n) is 3.47. The van der Waals surface area contributed by atoms with Crippen molar-refractivity contribution in [2.24, 2.45) is 4.99 Å². The van der Waals surface area contributed by atoms with Gasteiger partial charge in [-0.1, -0.05) is 12.1 Å². The second kappa shape index (κ2) is 12.1. The maximum absolute atomic E-state index is 11.0. The molecule has 3 N–H and O–H groups in total. The Hall–Kier alpha value is -2.37. The SMILES string of the molecule is CN=C(NCCCn1cccn1)NCCNc1ccccc1[N+](=O)[O-].I. The van der Waals surface area contributed by atoms with Gasteiger partial charge in [0.05, 0.1) is 4.92 Å². The highest BCUT2D eigenvalue weighted by atomic mass is 127. The summed E-state index contributed by atoms with van der Waals surface area (Å²) in [6.07, 6.45) is 4.62. The van der Waals surface area contributed by atoms with E-state index in [4.69, 9.17) is 0 Å². The summed E-state index contributed by atoms with van der Waals surface area (Å²) in [5, 5.41) is 24.6. The maximum Gasteiger partial charge on any atom is 0.292 e. The van der Waals surface area contributed by atoms with Crippen molar-refractivity contribution in [2.75, 3.05) is 32.0 Å². The van der Waals surface area contributed by atoms with Crippen LogP contribution in [0.3, 0.4) is 0 Å². The van der Waals surface area contributed by atoms with E-state index >= 15 is 0 Å². The first-order valence-electron chi connectivity index (χ1n) is 8.10. The Bertz CT molecular complexity index is 692. The first-order chi connectivity index (χ1) is 12.2. The third-order valence-corrected chi connectivity index (χ3v) is 3.47. The van der Waals surface area contributed by atoms with Crippen molar-refractivity contribution in [3.05, 3.63) is 52.8 Å². The van der Waals surface area contributed by atoms with Gasteiger partial charge in [0.2, 0.25) is 0 Å². The number of nitro benzene ring substituents is 1. The molecule has 1 aromatic carbocycles. The van der Waals surface area contributed by atoms with Gasteiger partial charge in [0.25, 0.3) is 5.69 Å². The number of anilines is 1. The highest BCUT2D eigenvalue weighted by Crippen LogP contribution is 2.22. The van der Waals surface area contributed by atoms with Crippen molar-refractivity contribution >= 4 is 41.3 Å². The van der Waals surface area contributed by atoms with Gasteiger partial charge in [-0.3, -0.25) is 19.8 Å². The Morgan fingerprint density at radius 3 is 2.69 bits per heavy atom. The quantitative estimate of drug-likeness (QED) is 0.129. The Kier molecular flexibility index (Phi) is 10.1. The van der Waals surface area contributed by atoms with Crippen molar-refractivity contribution in [1.29, 1.82) is 0 Å². The molecule has 1 heterocycles. The number of hydrogen-bond donors (Lipinski definition) is 3. The molecule has 0 bridgehead atoms. The van der Waals surface area contributed by atoms with Crippen LogP contribution in [0.5, 0.6) is 0 Å². The van der Waals surface area contributed by atoms with E-state index < -0.39 is 4.92 Å². The number of aromatic nitrogens is 2. The Morgan fingerprint density at radius 2 is 2.00 bits per heavy atom. The molecule has 0 aliphatic rings. The molecule has 0 fully saturated rings. The summed E-state index contributed by atoms with van der Waals surface area (Å²) < 4.78 is 1.88. The predicted molar refractivity (Wildman–Crippen MR) is 113 cm³/mol. The fraction of sp³-hybridized carbons (Fsp3) is 0.375. The lowest BCUT2D eigenvalue weighted by Crippen LogP contribution is -2.40. The summed E-state index contributed by atoms with van der Waals surface area (Å²) in [5.74, 6) is 0.699. The zero-order valence-electron chi connectivity index (χ0n) is 14.6. The van der Waals surface area contributed by atoms with Crippen LogP contribution in [0.4, 0.5) is 11.4 Å². The maximum atomic E-state index is 11.0. The molecule has 0 atom stereocenters. The Labute approximate surface area is 169 Å². The van der Waals surface area contributed by atoms with Crippen LogP contribution in [0, 0.1) is 10.1 Å². The number of nitro groups is 1. The van der Waals surface area contributed by atoms with Crippen LogP contribution >= 0.6 is 24.0 Å². The number of aryl methyl sites for hydroxylation is 1. The van der Waals surface area contributed by atoms with Crippen molar-refractivity contribution in [1.82, 2.24) is 20.4 Å². The monoisotopic (exact) mass is 473 g/mol. The molecule has 0 amide bonds. The van der Waals surface area contributed by atoms with Gasteiger partial charge in [0, 0.05) is 51.7 Å². The van der Waals surface area contributed by atoms with Crippen LogP contribution in [0.25, 0.3) is 0 Å². The summed E-state index contributed by atoms with van der Waals surface area (Å²) in [7, 11) is 1.71. The van der Waals surface area contributed by atoms with E-state index in [1.807, 2.05) is 16.9 Å². The second-order valence-electron chi connectivity index (χ2n) is 5.25. The van der Waals surface area contributed by atoms with Crippen LogP contribution in [-0.2, 0) is 6.54 Å². The number of hydrogen-bond acceptors (Lipinski definition) is 5. The molecule has 1 aromatic heterocycles. The number of nitrogens with one attached hydrogen (secondary N) is 3. The van der Waals surface area contributed by atoms with E-state index in [2.05, 4.69) is 26.0 Å². The van der Waals surface area contributed by atoms with Crippen LogP contribution in [0.2, 0.25) is 0 Å². The molecule has 0 saturated heterocycles. The van der Waals surface area contributed by atoms with E-state index in [1.165, 1.54) is 6.07 Å². The average Bonchev–Trinajstić information content (AvgIpc) is 3.14. The number of para-hydroxylation sites is 2. The molecule has 0 aliphatic carbocycles. The van der Waals surface area contributed by atoms with Crippen LogP contribution < -0.4 is 16.0 Å². The normalized spacial score (nSPS) is 10.7. The molecule has 0 saturated carbocycles. The van der Waals surface area contributed by atoms with Crippen LogP contribution in [-0.4, -0.2) is 47.3 Å². The smallest absolute Gasteiger partial charge is 0.292 e. The molecule has 142 valence electrons. The molecular weight excluding hydrogens is 449 g/mol. The molecule has 0 aliphatic heterocycles. The summed E-state index contributed by atoms with van der Waals surface area (Å²) in [6.45, 7) is 2.75.